The first-order valence-electron chi connectivity index (χ1n) is 9.91. The number of nitrogens with one attached hydrogen (secondary N) is 1. The summed E-state index contributed by atoms with van der Waals surface area (Å²) in [7, 11) is 0. The first-order chi connectivity index (χ1) is 14.1. The number of rotatable bonds is 4. The van der Waals surface area contributed by atoms with Crippen LogP contribution in [0.3, 0.4) is 0 Å². The minimum Gasteiger partial charge on any atom is -0.464 e. The number of carbonyl (C=O) groups is 1. The van der Waals surface area contributed by atoms with E-state index in [0.29, 0.717) is 0 Å². The number of hydrogen-bond donors (Lipinski definition) is 1. The van der Waals surface area contributed by atoms with Crippen molar-refractivity contribution in [2.24, 2.45) is 0 Å². The molecule has 4 nitrogen and oxygen atoms in total. The molecule has 144 valence electrons. The van der Waals surface area contributed by atoms with E-state index < -0.39 is 0 Å². The molecule has 0 aliphatic heterocycles. The zero-order valence-electron chi connectivity index (χ0n) is 16.5. The Labute approximate surface area is 168 Å². The molecule has 0 aliphatic rings. The summed E-state index contributed by atoms with van der Waals surface area (Å²) in [6.07, 6.45) is 1.97. The first-order valence-corrected chi connectivity index (χ1v) is 9.91. The highest BCUT2D eigenvalue weighted by Gasteiger charge is 2.13. The quantitative estimate of drug-likeness (QED) is 0.411. The fourth-order valence-electron chi connectivity index (χ4n) is 4.18. The second-order valence-corrected chi connectivity index (χ2v) is 7.48. The molecule has 2 aromatic heterocycles. The summed E-state index contributed by atoms with van der Waals surface area (Å²) in [5.41, 5.74) is 6.08. The van der Waals surface area contributed by atoms with E-state index in [-0.39, 0.29) is 12.3 Å². The number of amides is 1. The van der Waals surface area contributed by atoms with E-state index in [9.17, 15) is 4.79 Å². The molecule has 5 rings (SSSR count). The van der Waals surface area contributed by atoms with Crippen LogP contribution in [0.1, 0.15) is 18.1 Å². The standard InChI is InChI=1S/C25H22N2O2/c1-3-27-22-7-5-4-6-19(22)21-14-18(9-10-23(21)27)26-25(28)13-17-15-29-24-11-8-16(2)12-20(17)24/h4-12,14-15H,3,13H2,1-2H3,(H,26,28). The molecule has 1 N–H and O–H groups in total. The van der Waals surface area contributed by atoms with Crippen molar-refractivity contribution in [1.82, 2.24) is 4.57 Å². The molecule has 0 radical (unpaired) electrons. The van der Waals surface area contributed by atoms with Gasteiger partial charge in [0.05, 0.1) is 12.7 Å². The largest absolute Gasteiger partial charge is 0.464 e. The summed E-state index contributed by atoms with van der Waals surface area (Å²) in [6.45, 7) is 5.10. The van der Waals surface area contributed by atoms with Gasteiger partial charge in [-0.1, -0.05) is 29.8 Å². The van der Waals surface area contributed by atoms with Crippen LogP contribution in [0.15, 0.2) is 71.3 Å². The number of anilines is 1. The van der Waals surface area contributed by atoms with Gasteiger partial charge in [-0.25, -0.2) is 0 Å². The normalized spacial score (nSPS) is 11.5. The van der Waals surface area contributed by atoms with E-state index in [1.165, 1.54) is 16.4 Å². The van der Waals surface area contributed by atoms with Crippen molar-refractivity contribution in [1.29, 1.82) is 0 Å². The molecule has 0 bridgehead atoms. The van der Waals surface area contributed by atoms with Crippen LogP contribution >= 0.6 is 0 Å². The summed E-state index contributed by atoms with van der Waals surface area (Å²) in [5.74, 6) is -0.0483. The van der Waals surface area contributed by atoms with Crippen molar-refractivity contribution < 1.29 is 9.21 Å². The molecular weight excluding hydrogens is 360 g/mol. The van der Waals surface area contributed by atoms with Crippen LogP contribution < -0.4 is 5.32 Å². The number of hydrogen-bond acceptors (Lipinski definition) is 2. The lowest BCUT2D eigenvalue weighted by Crippen LogP contribution is -2.14. The molecular formula is C25H22N2O2. The van der Waals surface area contributed by atoms with Crippen molar-refractivity contribution in [2.75, 3.05) is 5.32 Å². The number of furan rings is 1. The molecule has 0 spiro atoms. The van der Waals surface area contributed by atoms with Gasteiger partial charge in [-0.3, -0.25) is 4.79 Å². The highest BCUT2D eigenvalue weighted by molar-refractivity contribution is 6.10. The van der Waals surface area contributed by atoms with Gasteiger partial charge in [0, 0.05) is 45.0 Å². The minimum atomic E-state index is -0.0483. The van der Waals surface area contributed by atoms with Gasteiger partial charge in [-0.2, -0.15) is 0 Å². The third-order valence-corrected chi connectivity index (χ3v) is 5.53. The number of carbonyl (C=O) groups excluding carboxylic acids is 1. The van der Waals surface area contributed by atoms with Crippen molar-refractivity contribution in [2.45, 2.75) is 26.8 Å². The Hall–Kier alpha value is -3.53. The number of aryl methyl sites for hydroxylation is 2. The van der Waals surface area contributed by atoms with Crippen molar-refractivity contribution >= 4 is 44.4 Å². The Morgan fingerprint density at radius 2 is 1.79 bits per heavy atom. The van der Waals surface area contributed by atoms with Crippen LogP contribution in [0, 0.1) is 6.92 Å². The summed E-state index contributed by atoms with van der Waals surface area (Å²) in [4.78, 5) is 12.7. The molecule has 0 atom stereocenters. The monoisotopic (exact) mass is 382 g/mol. The maximum atomic E-state index is 12.7. The van der Waals surface area contributed by atoms with Crippen molar-refractivity contribution in [3.63, 3.8) is 0 Å². The Morgan fingerprint density at radius 1 is 0.966 bits per heavy atom. The Kier molecular flexibility index (Phi) is 4.13. The molecule has 0 unspecified atom stereocenters. The second-order valence-electron chi connectivity index (χ2n) is 7.48. The van der Waals surface area contributed by atoms with Crippen LogP contribution in [0.5, 0.6) is 0 Å². The van der Waals surface area contributed by atoms with E-state index >= 15 is 0 Å². The average molecular weight is 382 g/mol. The Morgan fingerprint density at radius 3 is 2.66 bits per heavy atom. The first kappa shape index (κ1) is 17.6. The molecule has 4 heteroatoms. The summed E-state index contributed by atoms with van der Waals surface area (Å²) in [6, 6.07) is 20.5. The lowest BCUT2D eigenvalue weighted by atomic mass is 10.1. The molecule has 1 amide bonds. The molecule has 3 aromatic carbocycles. The number of para-hydroxylation sites is 1. The highest BCUT2D eigenvalue weighted by Crippen LogP contribution is 2.31. The molecule has 0 aliphatic carbocycles. The SMILES string of the molecule is CCn1c2ccccc2c2cc(NC(=O)Cc3coc4ccc(C)cc34)ccc21. The Bertz CT molecular complexity index is 1370. The summed E-state index contributed by atoms with van der Waals surface area (Å²) >= 11 is 0. The molecule has 5 aromatic rings. The van der Waals surface area contributed by atoms with Gasteiger partial charge in [0.25, 0.3) is 0 Å². The van der Waals surface area contributed by atoms with Gasteiger partial charge in [-0.05, 0) is 50.2 Å². The number of benzene rings is 3. The zero-order valence-corrected chi connectivity index (χ0v) is 16.5. The summed E-state index contributed by atoms with van der Waals surface area (Å²) < 4.78 is 7.90. The smallest absolute Gasteiger partial charge is 0.228 e. The lowest BCUT2D eigenvalue weighted by Gasteiger charge is -2.06. The topological polar surface area (TPSA) is 47.2 Å². The molecule has 0 saturated carbocycles. The van der Waals surface area contributed by atoms with Crippen LogP contribution in [0.25, 0.3) is 32.8 Å². The van der Waals surface area contributed by atoms with E-state index in [0.717, 1.165) is 39.7 Å². The van der Waals surface area contributed by atoms with E-state index in [4.69, 9.17) is 4.42 Å². The van der Waals surface area contributed by atoms with Crippen molar-refractivity contribution in [3.05, 3.63) is 78.1 Å². The number of fused-ring (bicyclic) bond motifs is 4. The van der Waals surface area contributed by atoms with E-state index in [2.05, 4.69) is 59.3 Å². The van der Waals surface area contributed by atoms with Crippen LogP contribution in [-0.4, -0.2) is 10.5 Å². The molecule has 2 heterocycles. The van der Waals surface area contributed by atoms with Gasteiger partial charge in [0.1, 0.15) is 5.58 Å². The minimum absolute atomic E-state index is 0.0483. The maximum absolute atomic E-state index is 12.7. The fraction of sp³-hybridized carbons (Fsp3) is 0.160. The third-order valence-electron chi connectivity index (χ3n) is 5.53. The average Bonchev–Trinajstić information content (AvgIpc) is 3.26. The van der Waals surface area contributed by atoms with Crippen LogP contribution in [0.4, 0.5) is 5.69 Å². The van der Waals surface area contributed by atoms with Crippen LogP contribution in [0.2, 0.25) is 0 Å². The van der Waals surface area contributed by atoms with Gasteiger partial charge in [0.15, 0.2) is 0 Å². The van der Waals surface area contributed by atoms with Gasteiger partial charge in [-0.15, -0.1) is 0 Å². The second kappa shape index (κ2) is 6.82. The predicted molar refractivity (Wildman–Crippen MR) is 118 cm³/mol. The third kappa shape index (κ3) is 2.97. The van der Waals surface area contributed by atoms with Crippen LogP contribution in [-0.2, 0) is 17.8 Å². The molecule has 0 fully saturated rings. The highest BCUT2D eigenvalue weighted by atomic mass is 16.3. The maximum Gasteiger partial charge on any atom is 0.228 e. The lowest BCUT2D eigenvalue weighted by molar-refractivity contribution is -0.115. The van der Waals surface area contributed by atoms with E-state index in [1.807, 2.05) is 25.1 Å². The fourth-order valence-corrected chi connectivity index (χ4v) is 4.18. The van der Waals surface area contributed by atoms with Crippen molar-refractivity contribution in [3.8, 4) is 0 Å². The van der Waals surface area contributed by atoms with Gasteiger partial charge < -0.3 is 14.3 Å². The summed E-state index contributed by atoms with van der Waals surface area (Å²) in [5, 5.41) is 6.42. The van der Waals surface area contributed by atoms with E-state index in [1.54, 1.807) is 6.26 Å². The van der Waals surface area contributed by atoms with Gasteiger partial charge in [0.2, 0.25) is 5.91 Å². The molecule has 29 heavy (non-hydrogen) atoms. The number of nitrogens with zero attached hydrogens (tertiary/aromatic N) is 1. The predicted octanol–water partition coefficient (Wildman–Crippen LogP) is 6.05. The molecule has 0 saturated heterocycles. The number of aromatic nitrogens is 1. The Balaban J connectivity index is 1.46. The van der Waals surface area contributed by atoms with Gasteiger partial charge >= 0.3 is 0 Å². The zero-order chi connectivity index (χ0) is 20.0.